The number of nitrogens with one attached hydrogen (secondary N) is 1. The molecule has 0 radical (unpaired) electrons. The summed E-state index contributed by atoms with van der Waals surface area (Å²) in [7, 11) is 0. The zero-order valence-electron chi connectivity index (χ0n) is 14.7. The molecule has 0 aliphatic heterocycles. The molecule has 0 spiro atoms. The van der Waals surface area contributed by atoms with Crippen LogP contribution >= 0.6 is 11.3 Å². The fourth-order valence-electron chi connectivity index (χ4n) is 2.96. The number of aromatic nitrogens is 2. The number of alkyl halides is 3. The lowest BCUT2D eigenvalue weighted by atomic mass is 10.0. The minimum atomic E-state index is -4.24. The van der Waals surface area contributed by atoms with Gasteiger partial charge in [-0.05, 0) is 35.7 Å². The largest absolute Gasteiger partial charge is 0.393 e. The number of rotatable bonds is 5. The van der Waals surface area contributed by atoms with Gasteiger partial charge in [-0.3, -0.25) is 0 Å². The monoisotopic (exact) mass is 399 g/mol. The smallest absolute Gasteiger partial charge is 0.340 e. The van der Waals surface area contributed by atoms with Crippen molar-refractivity contribution in [3.8, 4) is 0 Å². The van der Waals surface area contributed by atoms with Crippen molar-refractivity contribution in [2.45, 2.75) is 19.0 Å². The minimum Gasteiger partial charge on any atom is -0.340 e. The maximum atomic E-state index is 12.7. The zero-order chi connectivity index (χ0) is 19.6. The van der Waals surface area contributed by atoms with Crippen molar-refractivity contribution >= 4 is 33.1 Å². The third-order valence-electron chi connectivity index (χ3n) is 4.22. The average molecular weight is 399 g/mol. The third-order valence-corrected chi connectivity index (χ3v) is 5.27. The van der Waals surface area contributed by atoms with Crippen LogP contribution in [0.15, 0.2) is 67.0 Å². The van der Waals surface area contributed by atoms with E-state index in [1.165, 1.54) is 23.5 Å². The zero-order valence-corrected chi connectivity index (χ0v) is 15.5. The summed E-state index contributed by atoms with van der Waals surface area (Å²) in [5.41, 5.74) is 3.23. The van der Waals surface area contributed by atoms with Gasteiger partial charge < -0.3 is 5.32 Å². The number of thiophene rings is 1. The molecular formula is C21H16F3N3S. The van der Waals surface area contributed by atoms with Crippen LogP contribution in [-0.4, -0.2) is 16.1 Å². The Morgan fingerprint density at radius 1 is 0.893 bits per heavy atom. The fourth-order valence-corrected chi connectivity index (χ4v) is 3.99. The summed E-state index contributed by atoms with van der Waals surface area (Å²) in [6.07, 6.45) is -3.00. The molecule has 7 heteroatoms. The molecule has 0 saturated carbocycles. The summed E-state index contributed by atoms with van der Waals surface area (Å²) < 4.78 is 38.0. The summed E-state index contributed by atoms with van der Waals surface area (Å²) in [5, 5.41) is 3.79. The number of hydrogen-bond donors (Lipinski definition) is 1. The topological polar surface area (TPSA) is 37.8 Å². The standard InChI is InChI=1S/C21H16F3N3S/c22-21(23,24)12-17-11-18-19(25-13-26-20(18)28-17)27-16-8-6-15(7-9-16)10-14-4-2-1-3-5-14/h1-9,11,13H,10,12H2,(H,25,26,27). The molecule has 3 nitrogen and oxygen atoms in total. The van der Waals surface area contributed by atoms with Gasteiger partial charge in [-0.15, -0.1) is 11.3 Å². The van der Waals surface area contributed by atoms with Crippen LogP contribution in [0.1, 0.15) is 16.0 Å². The van der Waals surface area contributed by atoms with Crippen LogP contribution in [0.3, 0.4) is 0 Å². The molecule has 0 atom stereocenters. The predicted molar refractivity (Wildman–Crippen MR) is 106 cm³/mol. The highest BCUT2D eigenvalue weighted by molar-refractivity contribution is 7.18. The molecule has 142 valence electrons. The van der Waals surface area contributed by atoms with Gasteiger partial charge in [0.25, 0.3) is 0 Å². The van der Waals surface area contributed by atoms with Crippen LogP contribution in [0.25, 0.3) is 10.2 Å². The van der Waals surface area contributed by atoms with Crippen molar-refractivity contribution in [2.24, 2.45) is 0 Å². The lowest BCUT2D eigenvalue weighted by Crippen LogP contribution is -2.09. The molecule has 0 aliphatic rings. The Morgan fingerprint density at radius 2 is 1.61 bits per heavy atom. The van der Waals surface area contributed by atoms with E-state index in [0.717, 1.165) is 23.4 Å². The number of nitrogens with zero attached hydrogens (tertiary/aromatic N) is 2. The van der Waals surface area contributed by atoms with Crippen LogP contribution < -0.4 is 5.32 Å². The van der Waals surface area contributed by atoms with Crippen LogP contribution in [0, 0.1) is 0 Å². The van der Waals surface area contributed by atoms with E-state index in [1.807, 2.05) is 42.5 Å². The molecule has 2 heterocycles. The quantitative estimate of drug-likeness (QED) is 0.439. The molecule has 4 aromatic rings. The van der Waals surface area contributed by atoms with E-state index >= 15 is 0 Å². The van der Waals surface area contributed by atoms with Crippen molar-refractivity contribution in [1.29, 1.82) is 0 Å². The lowest BCUT2D eigenvalue weighted by molar-refractivity contribution is -0.126. The van der Waals surface area contributed by atoms with Crippen LogP contribution in [-0.2, 0) is 12.8 Å². The van der Waals surface area contributed by atoms with Crippen molar-refractivity contribution in [3.05, 3.63) is 83.0 Å². The molecule has 2 aromatic heterocycles. The molecule has 0 aliphatic carbocycles. The van der Waals surface area contributed by atoms with Gasteiger partial charge in [0.15, 0.2) is 0 Å². The minimum absolute atomic E-state index is 0.226. The second-order valence-corrected chi connectivity index (χ2v) is 7.55. The van der Waals surface area contributed by atoms with Gasteiger partial charge >= 0.3 is 6.18 Å². The summed E-state index contributed by atoms with van der Waals surface area (Å²) in [4.78, 5) is 9.07. The van der Waals surface area contributed by atoms with E-state index in [9.17, 15) is 13.2 Å². The highest BCUT2D eigenvalue weighted by Gasteiger charge is 2.29. The molecule has 0 unspecified atom stereocenters. The maximum Gasteiger partial charge on any atom is 0.393 e. The van der Waals surface area contributed by atoms with E-state index < -0.39 is 12.6 Å². The third kappa shape index (κ3) is 4.48. The van der Waals surface area contributed by atoms with Gasteiger partial charge in [0.2, 0.25) is 0 Å². The number of fused-ring (bicyclic) bond motifs is 1. The number of benzene rings is 2. The van der Waals surface area contributed by atoms with Gasteiger partial charge in [0.05, 0.1) is 11.8 Å². The second kappa shape index (κ2) is 7.59. The summed E-state index contributed by atoms with van der Waals surface area (Å²) in [6, 6.07) is 19.6. The Hall–Kier alpha value is -2.93. The van der Waals surface area contributed by atoms with Crippen LogP contribution in [0.5, 0.6) is 0 Å². The molecule has 4 rings (SSSR count). The highest BCUT2D eigenvalue weighted by Crippen LogP contribution is 2.33. The lowest BCUT2D eigenvalue weighted by Gasteiger charge is -2.08. The Balaban J connectivity index is 1.53. The van der Waals surface area contributed by atoms with E-state index in [0.29, 0.717) is 16.0 Å². The number of anilines is 2. The highest BCUT2D eigenvalue weighted by atomic mass is 32.1. The van der Waals surface area contributed by atoms with E-state index in [4.69, 9.17) is 0 Å². The molecule has 0 amide bonds. The predicted octanol–water partition coefficient (Wildman–Crippen LogP) is 6.13. The molecule has 0 saturated heterocycles. The van der Waals surface area contributed by atoms with Crippen molar-refractivity contribution < 1.29 is 13.2 Å². The van der Waals surface area contributed by atoms with E-state index in [1.54, 1.807) is 0 Å². The van der Waals surface area contributed by atoms with Gasteiger partial charge in [-0.1, -0.05) is 42.5 Å². The molecule has 0 fully saturated rings. The first kappa shape index (κ1) is 18.4. The molecular weight excluding hydrogens is 383 g/mol. The first-order valence-electron chi connectivity index (χ1n) is 8.66. The Bertz CT molecular complexity index is 1070. The normalized spacial score (nSPS) is 11.7. The summed E-state index contributed by atoms with van der Waals surface area (Å²) >= 11 is 1.04. The Labute approximate surface area is 163 Å². The van der Waals surface area contributed by atoms with Crippen molar-refractivity contribution in [3.63, 3.8) is 0 Å². The number of halogens is 3. The molecule has 28 heavy (non-hydrogen) atoms. The SMILES string of the molecule is FC(F)(F)Cc1cc2c(Nc3ccc(Cc4ccccc4)cc3)ncnc2s1. The summed E-state index contributed by atoms with van der Waals surface area (Å²) in [6.45, 7) is 0. The second-order valence-electron chi connectivity index (χ2n) is 6.43. The summed E-state index contributed by atoms with van der Waals surface area (Å²) in [5.74, 6) is 0.505. The Morgan fingerprint density at radius 3 is 2.32 bits per heavy atom. The maximum absolute atomic E-state index is 12.7. The fraction of sp³-hybridized carbons (Fsp3) is 0.143. The van der Waals surface area contributed by atoms with Gasteiger partial charge in [-0.25, -0.2) is 9.97 Å². The average Bonchev–Trinajstić information content (AvgIpc) is 3.06. The van der Waals surface area contributed by atoms with E-state index in [-0.39, 0.29) is 4.88 Å². The van der Waals surface area contributed by atoms with Gasteiger partial charge in [0.1, 0.15) is 17.0 Å². The van der Waals surface area contributed by atoms with Crippen molar-refractivity contribution in [2.75, 3.05) is 5.32 Å². The molecule has 2 aromatic carbocycles. The first-order valence-corrected chi connectivity index (χ1v) is 9.48. The van der Waals surface area contributed by atoms with Crippen LogP contribution in [0.4, 0.5) is 24.7 Å². The molecule has 1 N–H and O–H groups in total. The van der Waals surface area contributed by atoms with Gasteiger partial charge in [-0.2, -0.15) is 13.2 Å². The van der Waals surface area contributed by atoms with Crippen LogP contribution in [0.2, 0.25) is 0 Å². The molecule has 0 bridgehead atoms. The number of hydrogen-bond acceptors (Lipinski definition) is 4. The first-order chi connectivity index (χ1) is 13.5. The Kier molecular flexibility index (Phi) is 5.00. The van der Waals surface area contributed by atoms with E-state index in [2.05, 4.69) is 27.4 Å². The van der Waals surface area contributed by atoms with Crippen molar-refractivity contribution in [1.82, 2.24) is 9.97 Å². The van der Waals surface area contributed by atoms with Gasteiger partial charge in [0, 0.05) is 10.6 Å².